The zero-order valence-electron chi connectivity index (χ0n) is 13.4. The lowest BCUT2D eigenvalue weighted by Crippen LogP contribution is -2.05. The first-order valence-corrected chi connectivity index (χ1v) is 8.06. The molecule has 5 nitrogen and oxygen atoms in total. The standard InChI is InChI=1S/C20H16O5/c21-19-8-7-15-18(25-19)13-17-16(9-12-23-17)20(15)24-11-4-10-22-14-5-2-1-3-6-14/h1-3,5-9,12-13H,4,10-11H2. The Kier molecular flexibility index (Phi) is 4.12. The second kappa shape index (κ2) is 6.73. The molecule has 5 heteroatoms. The number of para-hydroxylation sites is 1. The zero-order valence-corrected chi connectivity index (χ0v) is 13.4. The molecule has 2 heterocycles. The fourth-order valence-corrected chi connectivity index (χ4v) is 2.71. The van der Waals surface area contributed by atoms with E-state index in [4.69, 9.17) is 18.3 Å². The van der Waals surface area contributed by atoms with E-state index in [1.165, 1.54) is 6.07 Å². The van der Waals surface area contributed by atoms with E-state index >= 15 is 0 Å². The van der Waals surface area contributed by atoms with Crippen LogP contribution in [-0.2, 0) is 0 Å². The first-order chi connectivity index (χ1) is 12.3. The maximum Gasteiger partial charge on any atom is 0.336 e. The number of benzene rings is 2. The Hall–Kier alpha value is -3.21. The zero-order chi connectivity index (χ0) is 17.1. The van der Waals surface area contributed by atoms with Crippen molar-refractivity contribution in [3.05, 3.63) is 71.3 Å². The Balaban J connectivity index is 1.50. The number of rotatable bonds is 6. The predicted octanol–water partition coefficient (Wildman–Crippen LogP) is 4.39. The predicted molar refractivity (Wildman–Crippen MR) is 94.3 cm³/mol. The Morgan fingerprint density at radius 3 is 2.52 bits per heavy atom. The van der Waals surface area contributed by atoms with Crippen LogP contribution in [0.4, 0.5) is 0 Å². The van der Waals surface area contributed by atoms with Crippen LogP contribution in [0.25, 0.3) is 21.9 Å². The molecule has 0 bridgehead atoms. The summed E-state index contributed by atoms with van der Waals surface area (Å²) in [7, 11) is 0. The van der Waals surface area contributed by atoms with Gasteiger partial charge in [-0.2, -0.15) is 0 Å². The van der Waals surface area contributed by atoms with Crippen molar-refractivity contribution in [1.82, 2.24) is 0 Å². The van der Waals surface area contributed by atoms with Crippen molar-refractivity contribution >= 4 is 21.9 Å². The van der Waals surface area contributed by atoms with Gasteiger partial charge in [0.2, 0.25) is 0 Å². The molecule has 0 saturated carbocycles. The highest BCUT2D eigenvalue weighted by Gasteiger charge is 2.13. The summed E-state index contributed by atoms with van der Waals surface area (Å²) in [5.74, 6) is 1.50. The van der Waals surface area contributed by atoms with E-state index < -0.39 is 5.63 Å². The fraction of sp³-hybridized carbons (Fsp3) is 0.150. The molecule has 4 rings (SSSR count). The smallest absolute Gasteiger partial charge is 0.336 e. The molecule has 4 aromatic rings. The minimum Gasteiger partial charge on any atom is -0.493 e. The summed E-state index contributed by atoms with van der Waals surface area (Å²) in [5, 5.41) is 1.60. The van der Waals surface area contributed by atoms with Gasteiger partial charge in [0.05, 0.1) is 30.2 Å². The van der Waals surface area contributed by atoms with Gasteiger partial charge in [0.1, 0.15) is 22.7 Å². The molecule has 126 valence electrons. The second-order valence-corrected chi connectivity index (χ2v) is 5.57. The maximum atomic E-state index is 11.4. The van der Waals surface area contributed by atoms with Gasteiger partial charge < -0.3 is 18.3 Å². The molecule has 0 atom stereocenters. The minimum atomic E-state index is -0.402. The number of furan rings is 1. The molecule has 0 aliphatic rings. The first kappa shape index (κ1) is 15.3. The molecular formula is C20H16O5. The molecule has 2 aromatic heterocycles. The lowest BCUT2D eigenvalue weighted by Gasteiger charge is -2.10. The highest BCUT2D eigenvalue weighted by Crippen LogP contribution is 2.35. The highest BCUT2D eigenvalue weighted by atomic mass is 16.5. The number of hydrogen-bond acceptors (Lipinski definition) is 5. The summed E-state index contributed by atoms with van der Waals surface area (Å²) >= 11 is 0. The van der Waals surface area contributed by atoms with Gasteiger partial charge in [-0.25, -0.2) is 4.79 Å². The average Bonchev–Trinajstić information content (AvgIpc) is 3.09. The molecule has 0 fully saturated rings. The van der Waals surface area contributed by atoms with Gasteiger partial charge in [-0.05, 0) is 24.3 Å². The topological polar surface area (TPSA) is 61.8 Å². The lowest BCUT2D eigenvalue weighted by atomic mass is 10.1. The van der Waals surface area contributed by atoms with Crippen LogP contribution in [0.15, 0.2) is 74.5 Å². The molecule has 0 N–H and O–H groups in total. The molecule has 0 amide bonds. The Labute approximate surface area is 143 Å². The van der Waals surface area contributed by atoms with E-state index in [-0.39, 0.29) is 0 Å². The van der Waals surface area contributed by atoms with Gasteiger partial charge in [0.25, 0.3) is 0 Å². The molecule has 0 aliphatic heterocycles. The van der Waals surface area contributed by atoms with Crippen LogP contribution in [0.3, 0.4) is 0 Å². The number of hydrogen-bond donors (Lipinski definition) is 0. The quantitative estimate of drug-likeness (QED) is 0.386. The third kappa shape index (κ3) is 3.21. The molecule has 25 heavy (non-hydrogen) atoms. The lowest BCUT2D eigenvalue weighted by molar-refractivity contribution is 0.250. The van der Waals surface area contributed by atoms with E-state index in [1.807, 2.05) is 36.4 Å². The molecule has 0 spiro atoms. The number of fused-ring (bicyclic) bond motifs is 2. The van der Waals surface area contributed by atoms with Gasteiger partial charge in [-0.15, -0.1) is 0 Å². The molecule has 2 aromatic carbocycles. The largest absolute Gasteiger partial charge is 0.493 e. The van der Waals surface area contributed by atoms with Crippen LogP contribution in [-0.4, -0.2) is 13.2 Å². The Bertz CT molecular complexity index is 1050. The van der Waals surface area contributed by atoms with Crippen LogP contribution in [0, 0.1) is 0 Å². The van der Waals surface area contributed by atoms with Crippen LogP contribution < -0.4 is 15.1 Å². The normalized spacial score (nSPS) is 11.0. The van der Waals surface area contributed by atoms with Crippen molar-refractivity contribution in [2.75, 3.05) is 13.2 Å². The van der Waals surface area contributed by atoms with Gasteiger partial charge in [0.15, 0.2) is 0 Å². The van der Waals surface area contributed by atoms with Gasteiger partial charge >= 0.3 is 5.63 Å². The first-order valence-electron chi connectivity index (χ1n) is 8.06. The van der Waals surface area contributed by atoms with Crippen molar-refractivity contribution in [1.29, 1.82) is 0 Å². The summed E-state index contributed by atoms with van der Waals surface area (Å²) in [6.45, 7) is 1.03. The molecule has 0 unspecified atom stereocenters. The fourth-order valence-electron chi connectivity index (χ4n) is 2.71. The van der Waals surface area contributed by atoms with Crippen LogP contribution in [0.1, 0.15) is 6.42 Å². The summed E-state index contributed by atoms with van der Waals surface area (Å²) < 4.78 is 22.3. The maximum absolute atomic E-state index is 11.4. The molecule has 0 aliphatic carbocycles. The Morgan fingerprint density at radius 2 is 1.64 bits per heavy atom. The molecule has 0 saturated heterocycles. The van der Waals surface area contributed by atoms with Gasteiger partial charge in [-0.3, -0.25) is 0 Å². The van der Waals surface area contributed by atoms with E-state index in [0.29, 0.717) is 30.1 Å². The third-order valence-corrected chi connectivity index (χ3v) is 3.86. The molecule has 0 radical (unpaired) electrons. The van der Waals surface area contributed by atoms with Crippen molar-refractivity contribution in [2.45, 2.75) is 6.42 Å². The van der Waals surface area contributed by atoms with E-state index in [1.54, 1.807) is 18.4 Å². The summed E-state index contributed by atoms with van der Waals surface area (Å²) in [6, 6.07) is 16.3. The summed E-state index contributed by atoms with van der Waals surface area (Å²) in [6.07, 6.45) is 2.31. The van der Waals surface area contributed by atoms with Crippen molar-refractivity contribution in [2.24, 2.45) is 0 Å². The van der Waals surface area contributed by atoms with Gasteiger partial charge in [-0.1, -0.05) is 18.2 Å². The summed E-state index contributed by atoms with van der Waals surface area (Å²) in [4.78, 5) is 11.4. The monoisotopic (exact) mass is 336 g/mol. The van der Waals surface area contributed by atoms with Crippen LogP contribution in [0.5, 0.6) is 11.5 Å². The van der Waals surface area contributed by atoms with E-state index in [0.717, 1.165) is 22.9 Å². The van der Waals surface area contributed by atoms with Crippen molar-refractivity contribution in [3.63, 3.8) is 0 Å². The van der Waals surface area contributed by atoms with Crippen molar-refractivity contribution in [3.8, 4) is 11.5 Å². The SMILES string of the molecule is O=c1ccc2c(OCCCOc3ccccc3)c3ccoc3cc2o1. The second-order valence-electron chi connectivity index (χ2n) is 5.57. The third-order valence-electron chi connectivity index (χ3n) is 3.86. The van der Waals surface area contributed by atoms with Crippen LogP contribution >= 0.6 is 0 Å². The Morgan fingerprint density at radius 1 is 0.840 bits per heavy atom. The van der Waals surface area contributed by atoms with Crippen LogP contribution in [0.2, 0.25) is 0 Å². The summed E-state index contributed by atoms with van der Waals surface area (Å²) in [5.41, 5.74) is 0.670. The molecular weight excluding hydrogens is 320 g/mol. The number of ether oxygens (including phenoxy) is 2. The van der Waals surface area contributed by atoms with Gasteiger partial charge in [0, 0.05) is 18.6 Å². The average molecular weight is 336 g/mol. The van der Waals surface area contributed by atoms with E-state index in [2.05, 4.69) is 0 Å². The minimum absolute atomic E-state index is 0.402. The van der Waals surface area contributed by atoms with Crippen molar-refractivity contribution < 1.29 is 18.3 Å². The highest BCUT2D eigenvalue weighted by molar-refractivity contribution is 6.01. The van der Waals surface area contributed by atoms with E-state index in [9.17, 15) is 4.79 Å².